The van der Waals surface area contributed by atoms with Gasteiger partial charge in [-0.2, -0.15) is 0 Å². The Morgan fingerprint density at radius 3 is 2.64 bits per heavy atom. The van der Waals surface area contributed by atoms with Crippen LogP contribution in [0.2, 0.25) is 0 Å². The van der Waals surface area contributed by atoms with Crippen LogP contribution < -0.4 is 0 Å². The summed E-state index contributed by atoms with van der Waals surface area (Å²) in [5.41, 5.74) is 1.32. The van der Waals surface area contributed by atoms with E-state index in [9.17, 15) is 4.39 Å². The molecule has 0 saturated carbocycles. The van der Waals surface area contributed by atoms with E-state index in [2.05, 4.69) is 0 Å². The van der Waals surface area contributed by atoms with Crippen molar-refractivity contribution in [3.63, 3.8) is 0 Å². The third-order valence-corrected chi connectivity index (χ3v) is 2.20. The third kappa shape index (κ3) is 2.79. The normalized spacial score (nSPS) is 10.9. The van der Waals surface area contributed by atoms with E-state index < -0.39 is 0 Å². The molecule has 0 unspecified atom stereocenters. The average Bonchev–Trinajstić information content (AvgIpc) is 2.15. The van der Waals surface area contributed by atoms with Crippen molar-refractivity contribution >= 4 is 0 Å². The molecule has 0 saturated heterocycles. The summed E-state index contributed by atoms with van der Waals surface area (Å²) < 4.78 is 13.4. The summed E-state index contributed by atoms with van der Waals surface area (Å²) in [5.74, 6) is -0.224. The molecule has 2 nitrogen and oxygen atoms in total. The Bertz CT molecular complexity index is 299. The smallest absolute Gasteiger partial charge is 0.126 e. The molecule has 0 aliphatic rings. The Morgan fingerprint density at radius 2 is 2.07 bits per heavy atom. The summed E-state index contributed by atoms with van der Waals surface area (Å²) in [7, 11) is 3.89. The third-order valence-electron chi connectivity index (χ3n) is 2.20. The van der Waals surface area contributed by atoms with Gasteiger partial charge in [-0.3, -0.25) is 0 Å². The molecule has 0 radical (unpaired) electrons. The highest BCUT2D eigenvalue weighted by Gasteiger charge is 2.07. The SMILES string of the molecule is CN(C)CCc1c(F)cccc1CO. The van der Waals surface area contributed by atoms with Crippen molar-refractivity contribution in [2.75, 3.05) is 20.6 Å². The highest BCUT2D eigenvalue weighted by atomic mass is 19.1. The van der Waals surface area contributed by atoms with Crippen LogP contribution in [0, 0.1) is 5.82 Å². The topological polar surface area (TPSA) is 23.5 Å². The number of aliphatic hydroxyl groups is 1. The van der Waals surface area contributed by atoms with E-state index in [1.165, 1.54) is 6.07 Å². The molecule has 14 heavy (non-hydrogen) atoms. The highest BCUT2D eigenvalue weighted by Crippen LogP contribution is 2.14. The van der Waals surface area contributed by atoms with Gasteiger partial charge in [0.25, 0.3) is 0 Å². The maximum absolute atomic E-state index is 13.4. The molecule has 3 heteroatoms. The minimum atomic E-state index is -0.224. The van der Waals surface area contributed by atoms with Crippen LogP contribution in [0.3, 0.4) is 0 Å². The molecule has 0 aromatic heterocycles. The molecule has 0 amide bonds. The summed E-state index contributed by atoms with van der Waals surface area (Å²) in [6, 6.07) is 4.82. The number of rotatable bonds is 4. The van der Waals surface area contributed by atoms with Crippen molar-refractivity contribution in [1.82, 2.24) is 4.90 Å². The second-order valence-electron chi connectivity index (χ2n) is 3.59. The summed E-state index contributed by atoms with van der Waals surface area (Å²) in [6.45, 7) is 0.689. The fraction of sp³-hybridized carbons (Fsp3) is 0.455. The zero-order valence-corrected chi connectivity index (χ0v) is 8.63. The lowest BCUT2D eigenvalue weighted by Gasteiger charge is -2.12. The second kappa shape index (κ2) is 5.08. The first-order chi connectivity index (χ1) is 6.65. The minimum absolute atomic E-state index is 0.0967. The maximum Gasteiger partial charge on any atom is 0.126 e. The number of nitrogens with zero attached hydrogens (tertiary/aromatic N) is 1. The van der Waals surface area contributed by atoms with Crippen molar-refractivity contribution in [3.05, 3.63) is 35.1 Å². The van der Waals surface area contributed by atoms with Crippen molar-refractivity contribution in [3.8, 4) is 0 Å². The monoisotopic (exact) mass is 197 g/mol. The predicted octanol–water partition coefficient (Wildman–Crippen LogP) is 1.42. The molecule has 0 bridgehead atoms. The summed E-state index contributed by atoms with van der Waals surface area (Å²) in [6.07, 6.45) is 0.634. The second-order valence-corrected chi connectivity index (χ2v) is 3.59. The van der Waals surface area contributed by atoms with Crippen molar-refractivity contribution < 1.29 is 9.50 Å². The Balaban J connectivity index is 2.82. The van der Waals surface area contributed by atoms with E-state index in [1.807, 2.05) is 19.0 Å². The first kappa shape index (κ1) is 11.1. The van der Waals surface area contributed by atoms with Gasteiger partial charge in [-0.05, 0) is 37.7 Å². The van der Waals surface area contributed by atoms with E-state index in [4.69, 9.17) is 5.11 Å². The van der Waals surface area contributed by atoms with E-state index in [1.54, 1.807) is 12.1 Å². The summed E-state index contributed by atoms with van der Waals surface area (Å²) in [4.78, 5) is 1.99. The predicted molar refractivity (Wildman–Crippen MR) is 54.6 cm³/mol. The molecule has 1 aromatic rings. The summed E-state index contributed by atoms with van der Waals surface area (Å²) >= 11 is 0. The number of halogens is 1. The van der Waals surface area contributed by atoms with Gasteiger partial charge in [0.15, 0.2) is 0 Å². The van der Waals surface area contributed by atoms with Gasteiger partial charge in [-0.1, -0.05) is 12.1 Å². The molecule has 0 aliphatic carbocycles. The number of likely N-dealkylation sites (N-methyl/N-ethyl adjacent to an activating group) is 1. The van der Waals surface area contributed by atoms with E-state index in [0.29, 0.717) is 17.5 Å². The van der Waals surface area contributed by atoms with E-state index >= 15 is 0 Å². The van der Waals surface area contributed by atoms with E-state index in [-0.39, 0.29) is 12.4 Å². The Kier molecular flexibility index (Phi) is 4.04. The Morgan fingerprint density at radius 1 is 1.36 bits per heavy atom. The molecular formula is C11H16FNO. The molecule has 1 N–H and O–H groups in total. The standard InChI is InChI=1S/C11H16FNO/c1-13(2)7-6-10-9(8-14)4-3-5-11(10)12/h3-5,14H,6-8H2,1-2H3. The molecule has 0 spiro atoms. The van der Waals surface area contributed by atoms with Gasteiger partial charge in [0, 0.05) is 6.54 Å². The van der Waals surface area contributed by atoms with Gasteiger partial charge in [0.1, 0.15) is 5.82 Å². The van der Waals surface area contributed by atoms with Crippen LogP contribution in [0.25, 0.3) is 0 Å². The van der Waals surface area contributed by atoms with Crippen LogP contribution in [0.15, 0.2) is 18.2 Å². The Hall–Kier alpha value is -0.930. The molecule has 1 aromatic carbocycles. The van der Waals surface area contributed by atoms with Crippen LogP contribution in [0.4, 0.5) is 4.39 Å². The van der Waals surface area contributed by atoms with Gasteiger partial charge in [0.05, 0.1) is 6.61 Å². The fourth-order valence-corrected chi connectivity index (χ4v) is 1.37. The fourth-order valence-electron chi connectivity index (χ4n) is 1.37. The van der Waals surface area contributed by atoms with Crippen LogP contribution in [-0.2, 0) is 13.0 Å². The molecule has 0 heterocycles. The van der Waals surface area contributed by atoms with Gasteiger partial charge in [0.2, 0.25) is 0 Å². The number of benzene rings is 1. The van der Waals surface area contributed by atoms with Gasteiger partial charge in [-0.25, -0.2) is 4.39 Å². The quantitative estimate of drug-likeness (QED) is 0.789. The first-order valence-electron chi connectivity index (χ1n) is 4.67. The molecule has 0 atom stereocenters. The lowest BCUT2D eigenvalue weighted by molar-refractivity contribution is 0.279. The Labute approximate surface area is 84.0 Å². The van der Waals surface area contributed by atoms with Gasteiger partial charge >= 0.3 is 0 Å². The maximum atomic E-state index is 13.4. The van der Waals surface area contributed by atoms with Crippen molar-refractivity contribution in [2.24, 2.45) is 0 Å². The lowest BCUT2D eigenvalue weighted by atomic mass is 10.0. The average molecular weight is 197 g/mol. The van der Waals surface area contributed by atoms with E-state index in [0.717, 1.165) is 6.54 Å². The van der Waals surface area contributed by atoms with Crippen molar-refractivity contribution in [2.45, 2.75) is 13.0 Å². The number of aliphatic hydroxyl groups excluding tert-OH is 1. The van der Waals surface area contributed by atoms with Crippen molar-refractivity contribution in [1.29, 1.82) is 0 Å². The molecule has 0 fully saturated rings. The molecular weight excluding hydrogens is 181 g/mol. The largest absolute Gasteiger partial charge is 0.392 e. The molecule has 78 valence electrons. The molecule has 1 rings (SSSR count). The van der Waals surface area contributed by atoms with Crippen LogP contribution in [0.5, 0.6) is 0 Å². The lowest BCUT2D eigenvalue weighted by Crippen LogP contribution is -2.16. The zero-order chi connectivity index (χ0) is 10.6. The first-order valence-corrected chi connectivity index (χ1v) is 4.67. The van der Waals surface area contributed by atoms with Crippen LogP contribution >= 0.6 is 0 Å². The van der Waals surface area contributed by atoms with Crippen LogP contribution in [0.1, 0.15) is 11.1 Å². The number of hydrogen-bond acceptors (Lipinski definition) is 2. The van der Waals surface area contributed by atoms with Crippen LogP contribution in [-0.4, -0.2) is 30.6 Å². The number of hydrogen-bond donors (Lipinski definition) is 1. The minimum Gasteiger partial charge on any atom is -0.392 e. The summed E-state index contributed by atoms with van der Waals surface area (Å²) in [5, 5.41) is 9.03. The zero-order valence-electron chi connectivity index (χ0n) is 8.63. The van der Waals surface area contributed by atoms with Gasteiger partial charge < -0.3 is 10.0 Å². The molecule has 0 aliphatic heterocycles. The van der Waals surface area contributed by atoms with Gasteiger partial charge in [-0.15, -0.1) is 0 Å². The highest BCUT2D eigenvalue weighted by molar-refractivity contribution is 5.28.